The molecule has 1 atom stereocenters. The number of ether oxygens (including phenoxy) is 1. The van der Waals surface area contributed by atoms with E-state index >= 15 is 0 Å². The molecule has 136 valence electrons. The number of halogens is 1. The molecule has 5 heteroatoms. The van der Waals surface area contributed by atoms with Crippen molar-refractivity contribution in [2.24, 2.45) is 10.4 Å². The van der Waals surface area contributed by atoms with Crippen molar-refractivity contribution in [1.82, 2.24) is 10.2 Å². The maximum Gasteiger partial charge on any atom is 0.193 e. The number of rotatable bonds is 3. The first kappa shape index (κ1) is 17.3. The van der Waals surface area contributed by atoms with Gasteiger partial charge in [-0.1, -0.05) is 34.5 Å². The lowest BCUT2D eigenvalue weighted by molar-refractivity contribution is 0.156. The molecule has 0 radical (unpaired) electrons. The molecule has 4 nitrogen and oxygen atoms in total. The van der Waals surface area contributed by atoms with Crippen LogP contribution in [0.25, 0.3) is 0 Å². The van der Waals surface area contributed by atoms with Gasteiger partial charge in [-0.05, 0) is 43.4 Å². The molecule has 1 aromatic carbocycles. The first-order chi connectivity index (χ1) is 12.1. The predicted octanol–water partition coefficient (Wildman–Crippen LogP) is 3.56. The van der Waals surface area contributed by atoms with E-state index in [1.807, 2.05) is 7.05 Å². The van der Waals surface area contributed by atoms with Gasteiger partial charge in [-0.2, -0.15) is 0 Å². The standard InChI is InChI=1S/C20H28BrN3O/c1-22-18(24-11-9-19(14-24)10-12-25-15-19)23-13-20(7-2-8-20)16-3-5-17(21)6-4-16/h3-6H,2,7-15H2,1H3,(H,22,23). The van der Waals surface area contributed by atoms with Crippen molar-refractivity contribution in [3.05, 3.63) is 34.3 Å². The van der Waals surface area contributed by atoms with Crippen LogP contribution in [0.15, 0.2) is 33.7 Å². The van der Waals surface area contributed by atoms with Crippen LogP contribution in [-0.2, 0) is 10.2 Å². The van der Waals surface area contributed by atoms with Crippen LogP contribution in [0.5, 0.6) is 0 Å². The number of aliphatic imine (C=N–C) groups is 1. The molecule has 1 spiro atoms. The minimum Gasteiger partial charge on any atom is -0.381 e. The fourth-order valence-electron chi connectivity index (χ4n) is 4.64. The second-order valence-corrected chi connectivity index (χ2v) is 8.93. The highest BCUT2D eigenvalue weighted by molar-refractivity contribution is 9.10. The van der Waals surface area contributed by atoms with Crippen LogP contribution in [0.2, 0.25) is 0 Å². The number of hydrogen-bond donors (Lipinski definition) is 1. The smallest absolute Gasteiger partial charge is 0.193 e. The summed E-state index contributed by atoms with van der Waals surface area (Å²) >= 11 is 3.55. The van der Waals surface area contributed by atoms with Gasteiger partial charge in [0, 0.05) is 48.6 Å². The Hall–Kier alpha value is -1.07. The van der Waals surface area contributed by atoms with Crippen LogP contribution in [-0.4, -0.2) is 50.8 Å². The minimum absolute atomic E-state index is 0.268. The van der Waals surface area contributed by atoms with Crippen LogP contribution < -0.4 is 5.32 Å². The molecule has 1 aliphatic carbocycles. The SMILES string of the molecule is CN=C(NCC1(c2ccc(Br)cc2)CCC1)N1CCC2(CCOC2)C1. The fourth-order valence-corrected chi connectivity index (χ4v) is 4.91. The molecule has 4 rings (SSSR count). The van der Waals surface area contributed by atoms with Gasteiger partial charge in [0.25, 0.3) is 0 Å². The Kier molecular flexibility index (Phi) is 4.80. The van der Waals surface area contributed by atoms with Crippen LogP contribution in [0, 0.1) is 5.41 Å². The molecule has 1 N–H and O–H groups in total. The van der Waals surface area contributed by atoms with E-state index in [4.69, 9.17) is 4.74 Å². The predicted molar refractivity (Wildman–Crippen MR) is 105 cm³/mol. The number of likely N-dealkylation sites (tertiary alicyclic amines) is 1. The van der Waals surface area contributed by atoms with Crippen molar-refractivity contribution >= 4 is 21.9 Å². The van der Waals surface area contributed by atoms with E-state index in [1.165, 1.54) is 37.7 Å². The monoisotopic (exact) mass is 405 g/mol. The summed E-state index contributed by atoms with van der Waals surface area (Å²) in [6.07, 6.45) is 6.27. The minimum atomic E-state index is 0.268. The summed E-state index contributed by atoms with van der Waals surface area (Å²) in [6.45, 7) is 4.99. The Morgan fingerprint density at radius 2 is 2.04 bits per heavy atom. The average molecular weight is 406 g/mol. The summed E-state index contributed by atoms with van der Waals surface area (Å²) in [5, 5.41) is 3.70. The third kappa shape index (κ3) is 3.33. The zero-order valence-corrected chi connectivity index (χ0v) is 16.6. The van der Waals surface area contributed by atoms with E-state index in [-0.39, 0.29) is 5.41 Å². The summed E-state index contributed by atoms with van der Waals surface area (Å²) in [7, 11) is 1.91. The van der Waals surface area contributed by atoms with Crippen molar-refractivity contribution in [1.29, 1.82) is 0 Å². The van der Waals surface area contributed by atoms with Gasteiger partial charge in [0.2, 0.25) is 0 Å². The number of guanidine groups is 1. The second-order valence-electron chi connectivity index (χ2n) is 8.02. The lowest BCUT2D eigenvalue weighted by atomic mass is 9.64. The number of hydrogen-bond acceptors (Lipinski definition) is 2. The average Bonchev–Trinajstić information content (AvgIpc) is 3.22. The molecular formula is C20H28BrN3O. The highest BCUT2D eigenvalue weighted by Crippen LogP contribution is 2.43. The van der Waals surface area contributed by atoms with Gasteiger partial charge >= 0.3 is 0 Å². The molecule has 25 heavy (non-hydrogen) atoms. The Morgan fingerprint density at radius 1 is 1.24 bits per heavy atom. The summed E-state index contributed by atoms with van der Waals surface area (Å²) in [6, 6.07) is 8.87. The quantitative estimate of drug-likeness (QED) is 0.616. The summed E-state index contributed by atoms with van der Waals surface area (Å²) in [5.74, 6) is 1.06. The summed E-state index contributed by atoms with van der Waals surface area (Å²) in [4.78, 5) is 7.01. The molecule has 2 aliphatic heterocycles. The van der Waals surface area contributed by atoms with Gasteiger partial charge in [-0.15, -0.1) is 0 Å². The molecule has 3 aliphatic rings. The highest BCUT2D eigenvalue weighted by Gasteiger charge is 2.43. The van der Waals surface area contributed by atoms with Gasteiger partial charge in [-0.3, -0.25) is 4.99 Å². The van der Waals surface area contributed by atoms with E-state index in [2.05, 4.69) is 55.4 Å². The van der Waals surface area contributed by atoms with Crippen molar-refractivity contribution in [2.45, 2.75) is 37.5 Å². The number of nitrogens with zero attached hydrogens (tertiary/aromatic N) is 2. The van der Waals surface area contributed by atoms with Crippen molar-refractivity contribution in [3.8, 4) is 0 Å². The maximum absolute atomic E-state index is 5.66. The number of benzene rings is 1. The molecule has 2 heterocycles. The van der Waals surface area contributed by atoms with Crippen LogP contribution in [0.4, 0.5) is 0 Å². The van der Waals surface area contributed by atoms with Gasteiger partial charge in [0.1, 0.15) is 0 Å². The van der Waals surface area contributed by atoms with E-state index in [0.29, 0.717) is 5.41 Å². The van der Waals surface area contributed by atoms with Gasteiger partial charge in [0.15, 0.2) is 5.96 Å². The Bertz CT molecular complexity index is 633. The van der Waals surface area contributed by atoms with Gasteiger partial charge in [-0.25, -0.2) is 0 Å². The third-order valence-electron chi connectivity index (χ3n) is 6.49. The second kappa shape index (κ2) is 6.92. The molecule has 0 amide bonds. The van der Waals surface area contributed by atoms with Gasteiger partial charge < -0.3 is 15.0 Å². The molecule has 1 saturated carbocycles. The molecule has 1 unspecified atom stereocenters. The first-order valence-electron chi connectivity index (χ1n) is 9.44. The number of nitrogens with one attached hydrogen (secondary N) is 1. The lowest BCUT2D eigenvalue weighted by Crippen LogP contribution is -2.50. The van der Waals surface area contributed by atoms with E-state index in [9.17, 15) is 0 Å². The van der Waals surface area contributed by atoms with E-state index < -0.39 is 0 Å². The zero-order chi connectivity index (χ0) is 17.3. The van der Waals surface area contributed by atoms with Crippen LogP contribution >= 0.6 is 15.9 Å². The van der Waals surface area contributed by atoms with Crippen LogP contribution in [0.3, 0.4) is 0 Å². The molecule has 0 bridgehead atoms. The molecule has 1 aromatic rings. The Balaban J connectivity index is 1.41. The Labute approximate surface area is 159 Å². The topological polar surface area (TPSA) is 36.9 Å². The molecule has 3 fully saturated rings. The molecule has 0 aromatic heterocycles. The summed E-state index contributed by atoms with van der Waals surface area (Å²) in [5.41, 5.74) is 2.09. The zero-order valence-electron chi connectivity index (χ0n) is 15.1. The third-order valence-corrected chi connectivity index (χ3v) is 7.02. The van der Waals surface area contributed by atoms with Crippen molar-refractivity contribution in [2.75, 3.05) is 39.9 Å². The first-order valence-corrected chi connectivity index (χ1v) is 10.2. The van der Waals surface area contributed by atoms with E-state index in [0.717, 1.165) is 43.3 Å². The van der Waals surface area contributed by atoms with Gasteiger partial charge in [0.05, 0.1) is 6.61 Å². The van der Waals surface area contributed by atoms with Crippen molar-refractivity contribution < 1.29 is 4.74 Å². The normalized spacial score (nSPS) is 28.4. The fraction of sp³-hybridized carbons (Fsp3) is 0.650. The molecular weight excluding hydrogens is 378 g/mol. The molecule has 2 saturated heterocycles. The summed E-state index contributed by atoms with van der Waals surface area (Å²) < 4.78 is 6.81. The largest absolute Gasteiger partial charge is 0.381 e. The Morgan fingerprint density at radius 3 is 2.64 bits per heavy atom. The highest BCUT2D eigenvalue weighted by atomic mass is 79.9. The van der Waals surface area contributed by atoms with Crippen LogP contribution in [0.1, 0.15) is 37.7 Å². The van der Waals surface area contributed by atoms with E-state index in [1.54, 1.807) is 0 Å². The lowest BCUT2D eigenvalue weighted by Gasteiger charge is -2.43. The van der Waals surface area contributed by atoms with Crippen molar-refractivity contribution in [3.63, 3.8) is 0 Å². The maximum atomic E-state index is 5.66.